The Morgan fingerprint density at radius 2 is 1.71 bits per heavy atom. The van der Waals surface area contributed by atoms with E-state index in [1.165, 1.54) is 4.31 Å². The van der Waals surface area contributed by atoms with Crippen LogP contribution in [0.25, 0.3) is 0 Å². The number of likely N-dealkylation sites (N-methyl/N-ethyl adjacent to an activating group) is 1. The molecular weight excluding hydrogens is 326 g/mol. The molecule has 0 N–H and O–H groups in total. The fourth-order valence-electron chi connectivity index (χ4n) is 2.70. The predicted octanol–water partition coefficient (Wildman–Crippen LogP) is 2.68. The first-order chi connectivity index (χ1) is 11.6. The molecule has 6 heteroatoms. The molecule has 1 unspecified atom stereocenters. The van der Waals surface area contributed by atoms with Gasteiger partial charge in [-0.15, -0.1) is 0 Å². The maximum Gasteiger partial charge on any atom is 0.218 e. The summed E-state index contributed by atoms with van der Waals surface area (Å²) in [4.78, 5) is 0. The van der Waals surface area contributed by atoms with Crippen LogP contribution in [0.15, 0.2) is 54.6 Å². The Kier molecular flexibility index (Phi) is 5.06. The number of rotatable bonds is 6. The van der Waals surface area contributed by atoms with E-state index in [0.29, 0.717) is 24.7 Å². The van der Waals surface area contributed by atoms with Gasteiger partial charge >= 0.3 is 0 Å². The quantitative estimate of drug-likeness (QED) is 0.806. The lowest BCUT2D eigenvalue weighted by Gasteiger charge is -2.30. The van der Waals surface area contributed by atoms with Crippen molar-refractivity contribution < 1.29 is 17.9 Å². The van der Waals surface area contributed by atoms with Gasteiger partial charge in [0, 0.05) is 6.54 Å². The fraction of sp³-hybridized carbons (Fsp3) is 0.333. The molecule has 0 fully saturated rings. The smallest absolute Gasteiger partial charge is 0.218 e. The molecule has 3 rings (SSSR count). The molecule has 0 bridgehead atoms. The molecule has 0 aliphatic carbocycles. The Morgan fingerprint density at radius 1 is 1.04 bits per heavy atom. The third-order valence-corrected chi connectivity index (χ3v) is 5.80. The van der Waals surface area contributed by atoms with Crippen molar-refractivity contribution in [2.75, 3.05) is 19.7 Å². The maximum atomic E-state index is 12.7. The third kappa shape index (κ3) is 3.88. The van der Waals surface area contributed by atoms with Crippen molar-refractivity contribution in [2.45, 2.75) is 18.8 Å². The van der Waals surface area contributed by atoms with Crippen LogP contribution in [0, 0.1) is 0 Å². The van der Waals surface area contributed by atoms with Gasteiger partial charge in [-0.05, 0) is 17.7 Å². The summed E-state index contributed by atoms with van der Waals surface area (Å²) in [6.07, 6.45) is -0.314. The van der Waals surface area contributed by atoms with Gasteiger partial charge in [0.2, 0.25) is 10.0 Å². The third-order valence-electron chi connectivity index (χ3n) is 3.91. The molecule has 1 aliphatic rings. The minimum absolute atomic E-state index is 0.00809. The molecular formula is C18H21NO4S. The predicted molar refractivity (Wildman–Crippen MR) is 92.7 cm³/mol. The first-order valence-corrected chi connectivity index (χ1v) is 9.59. The summed E-state index contributed by atoms with van der Waals surface area (Å²) in [5.41, 5.74) is 0.780. The van der Waals surface area contributed by atoms with E-state index in [0.717, 1.165) is 5.56 Å². The summed E-state index contributed by atoms with van der Waals surface area (Å²) in [6.45, 7) is 2.85. The number of benzene rings is 2. The summed E-state index contributed by atoms with van der Waals surface area (Å²) < 4.78 is 38.4. The van der Waals surface area contributed by atoms with Crippen LogP contribution in [-0.2, 0) is 15.8 Å². The van der Waals surface area contributed by atoms with Crippen molar-refractivity contribution in [1.29, 1.82) is 0 Å². The van der Waals surface area contributed by atoms with E-state index in [9.17, 15) is 8.42 Å². The van der Waals surface area contributed by atoms with Crippen LogP contribution in [-0.4, -0.2) is 38.5 Å². The number of para-hydroxylation sites is 2. The Bertz CT molecular complexity index is 777. The van der Waals surface area contributed by atoms with E-state index in [1.807, 2.05) is 61.5 Å². The summed E-state index contributed by atoms with van der Waals surface area (Å²) in [5.74, 6) is 1.35. The topological polar surface area (TPSA) is 55.8 Å². The summed E-state index contributed by atoms with van der Waals surface area (Å²) in [7, 11) is -3.40. The van der Waals surface area contributed by atoms with E-state index >= 15 is 0 Å². The van der Waals surface area contributed by atoms with Crippen LogP contribution >= 0.6 is 0 Å². The average molecular weight is 347 g/mol. The van der Waals surface area contributed by atoms with E-state index in [4.69, 9.17) is 9.47 Å². The summed E-state index contributed by atoms with van der Waals surface area (Å²) in [6, 6.07) is 16.6. The highest BCUT2D eigenvalue weighted by atomic mass is 32.2. The molecule has 0 saturated heterocycles. The lowest BCUT2D eigenvalue weighted by atomic mass is 10.2. The van der Waals surface area contributed by atoms with E-state index in [2.05, 4.69) is 0 Å². The highest BCUT2D eigenvalue weighted by molar-refractivity contribution is 7.88. The van der Waals surface area contributed by atoms with Crippen LogP contribution in [0.1, 0.15) is 12.5 Å². The molecule has 0 radical (unpaired) electrons. The van der Waals surface area contributed by atoms with Gasteiger partial charge in [0.25, 0.3) is 0 Å². The number of hydrogen-bond donors (Lipinski definition) is 0. The molecule has 0 saturated carbocycles. The Labute approximate surface area is 142 Å². The number of nitrogens with zero attached hydrogens (tertiary/aromatic N) is 1. The van der Waals surface area contributed by atoms with Crippen LogP contribution in [0.3, 0.4) is 0 Å². The molecule has 0 amide bonds. The molecule has 2 aromatic rings. The first kappa shape index (κ1) is 16.8. The van der Waals surface area contributed by atoms with Crippen molar-refractivity contribution in [3.05, 3.63) is 60.2 Å². The molecule has 128 valence electrons. The zero-order valence-corrected chi connectivity index (χ0v) is 14.4. The zero-order valence-electron chi connectivity index (χ0n) is 13.6. The Balaban J connectivity index is 1.68. The van der Waals surface area contributed by atoms with Gasteiger partial charge in [-0.1, -0.05) is 49.4 Å². The van der Waals surface area contributed by atoms with Gasteiger partial charge in [-0.25, -0.2) is 8.42 Å². The molecule has 0 aromatic heterocycles. The monoisotopic (exact) mass is 347 g/mol. The minimum Gasteiger partial charge on any atom is -0.486 e. The molecule has 2 aromatic carbocycles. The molecule has 1 atom stereocenters. The second-order valence-electron chi connectivity index (χ2n) is 5.69. The Hall–Kier alpha value is -2.05. The number of fused-ring (bicyclic) bond motifs is 1. The van der Waals surface area contributed by atoms with Crippen LogP contribution in [0.4, 0.5) is 0 Å². The minimum atomic E-state index is -3.40. The standard InChI is InChI=1S/C18H21NO4S/c1-2-19(24(20,21)14-15-8-4-3-5-9-15)12-16-13-22-17-10-6-7-11-18(17)23-16/h3-11,16H,2,12-14H2,1H3. The zero-order chi connectivity index (χ0) is 17.0. The normalized spacial score (nSPS) is 17.0. The van der Waals surface area contributed by atoms with Gasteiger partial charge in [-0.3, -0.25) is 0 Å². The average Bonchev–Trinajstić information content (AvgIpc) is 2.60. The van der Waals surface area contributed by atoms with Gasteiger partial charge in [0.1, 0.15) is 12.7 Å². The van der Waals surface area contributed by atoms with Crippen molar-refractivity contribution in [2.24, 2.45) is 0 Å². The lowest BCUT2D eigenvalue weighted by molar-refractivity contribution is 0.0771. The second-order valence-corrected chi connectivity index (χ2v) is 7.66. The van der Waals surface area contributed by atoms with E-state index < -0.39 is 10.0 Å². The highest BCUT2D eigenvalue weighted by Crippen LogP contribution is 2.31. The SMILES string of the molecule is CCN(CC1COc2ccccc2O1)S(=O)(=O)Cc1ccccc1. The van der Waals surface area contributed by atoms with E-state index in [-0.39, 0.29) is 18.4 Å². The van der Waals surface area contributed by atoms with Crippen molar-refractivity contribution in [3.63, 3.8) is 0 Å². The molecule has 1 aliphatic heterocycles. The second kappa shape index (κ2) is 7.23. The molecule has 5 nitrogen and oxygen atoms in total. The summed E-state index contributed by atoms with van der Waals surface area (Å²) >= 11 is 0. The number of ether oxygens (including phenoxy) is 2. The van der Waals surface area contributed by atoms with Crippen LogP contribution in [0.5, 0.6) is 11.5 Å². The lowest BCUT2D eigenvalue weighted by Crippen LogP contribution is -2.43. The largest absolute Gasteiger partial charge is 0.486 e. The van der Waals surface area contributed by atoms with Gasteiger partial charge in [0.15, 0.2) is 11.5 Å². The van der Waals surface area contributed by atoms with Crippen molar-refractivity contribution in [1.82, 2.24) is 4.31 Å². The summed E-state index contributed by atoms with van der Waals surface area (Å²) in [5, 5.41) is 0. The maximum absolute atomic E-state index is 12.7. The van der Waals surface area contributed by atoms with Crippen molar-refractivity contribution in [3.8, 4) is 11.5 Å². The Morgan fingerprint density at radius 3 is 2.42 bits per heavy atom. The fourth-order valence-corrected chi connectivity index (χ4v) is 4.28. The van der Waals surface area contributed by atoms with Crippen molar-refractivity contribution >= 4 is 10.0 Å². The first-order valence-electron chi connectivity index (χ1n) is 7.98. The van der Waals surface area contributed by atoms with Gasteiger partial charge in [0.05, 0.1) is 12.3 Å². The molecule has 0 spiro atoms. The van der Waals surface area contributed by atoms with Gasteiger partial charge < -0.3 is 9.47 Å². The molecule has 24 heavy (non-hydrogen) atoms. The van der Waals surface area contributed by atoms with E-state index in [1.54, 1.807) is 0 Å². The molecule has 1 heterocycles. The number of hydrogen-bond acceptors (Lipinski definition) is 4. The van der Waals surface area contributed by atoms with Gasteiger partial charge in [-0.2, -0.15) is 4.31 Å². The van der Waals surface area contributed by atoms with Crippen LogP contribution in [0.2, 0.25) is 0 Å². The number of sulfonamides is 1. The van der Waals surface area contributed by atoms with Crippen LogP contribution < -0.4 is 9.47 Å². The highest BCUT2D eigenvalue weighted by Gasteiger charge is 2.28.